The van der Waals surface area contributed by atoms with E-state index < -0.39 is 5.97 Å². The van der Waals surface area contributed by atoms with Gasteiger partial charge in [-0.15, -0.1) is 11.3 Å². The molecule has 0 saturated carbocycles. The van der Waals surface area contributed by atoms with Crippen LogP contribution in [-0.2, 0) is 20.9 Å². The number of aromatic nitrogens is 1. The molecule has 2 rings (SSSR count). The quantitative estimate of drug-likeness (QED) is 0.430. The van der Waals surface area contributed by atoms with Crippen molar-refractivity contribution < 1.29 is 19.0 Å². The summed E-state index contributed by atoms with van der Waals surface area (Å²) < 4.78 is 15.7. The molecule has 0 aliphatic carbocycles. The molecule has 0 atom stereocenters. The average Bonchev–Trinajstić information content (AvgIpc) is 3.02. The first-order valence-electron chi connectivity index (χ1n) is 7.55. The highest BCUT2D eigenvalue weighted by Gasteiger charge is 2.23. The monoisotopic (exact) mass is 347 g/mol. The maximum atomic E-state index is 12.1. The molecule has 1 heterocycles. The lowest BCUT2D eigenvalue weighted by Gasteiger charge is -2.07. The number of thiazole rings is 1. The largest absolute Gasteiger partial charge is 0.503 e. The molecule has 0 N–H and O–H groups in total. The molecule has 0 amide bonds. The molecular weight excluding hydrogens is 326 g/mol. The van der Waals surface area contributed by atoms with Crippen LogP contribution in [0.15, 0.2) is 36.6 Å². The molecule has 5 nitrogen and oxygen atoms in total. The van der Waals surface area contributed by atoms with E-state index in [0.29, 0.717) is 16.1 Å². The Morgan fingerprint density at radius 2 is 1.96 bits per heavy atom. The Bertz CT molecular complexity index is 707. The van der Waals surface area contributed by atoms with Gasteiger partial charge in [0.15, 0.2) is 0 Å². The lowest BCUT2D eigenvalue weighted by Crippen LogP contribution is -2.07. The van der Waals surface area contributed by atoms with Crippen molar-refractivity contribution in [1.29, 1.82) is 0 Å². The molecule has 2 aromatic rings. The third-order valence-electron chi connectivity index (χ3n) is 3.21. The van der Waals surface area contributed by atoms with Crippen LogP contribution in [0, 0.1) is 0 Å². The highest BCUT2D eigenvalue weighted by molar-refractivity contribution is 7.13. The Kier molecular flexibility index (Phi) is 6.37. The van der Waals surface area contributed by atoms with E-state index >= 15 is 0 Å². The lowest BCUT2D eigenvalue weighted by molar-refractivity contribution is -0.133. The third kappa shape index (κ3) is 4.35. The minimum absolute atomic E-state index is 0.251. The zero-order valence-corrected chi connectivity index (χ0v) is 15.1. The molecule has 128 valence electrons. The normalized spacial score (nSPS) is 11.5. The number of esters is 1. The molecule has 24 heavy (non-hydrogen) atoms. The van der Waals surface area contributed by atoms with Crippen molar-refractivity contribution in [2.45, 2.75) is 26.4 Å². The van der Waals surface area contributed by atoms with Crippen LogP contribution in [0.2, 0.25) is 0 Å². The maximum absolute atomic E-state index is 12.1. The molecular formula is C18H21NO4S. The van der Waals surface area contributed by atoms with E-state index in [1.807, 2.05) is 30.3 Å². The van der Waals surface area contributed by atoms with Gasteiger partial charge in [-0.3, -0.25) is 0 Å². The Morgan fingerprint density at radius 3 is 2.54 bits per heavy atom. The molecule has 0 aliphatic rings. The summed E-state index contributed by atoms with van der Waals surface area (Å²) in [4.78, 5) is 17.4. The van der Waals surface area contributed by atoms with Crippen molar-refractivity contribution in [2.24, 2.45) is 0 Å². The van der Waals surface area contributed by atoms with Crippen LogP contribution in [0.4, 0.5) is 0 Å². The van der Waals surface area contributed by atoms with Crippen molar-refractivity contribution in [1.82, 2.24) is 4.98 Å². The van der Waals surface area contributed by atoms with Crippen molar-refractivity contribution in [3.63, 3.8) is 0 Å². The molecule has 1 aromatic carbocycles. The van der Waals surface area contributed by atoms with Crippen LogP contribution in [0.25, 0.3) is 5.57 Å². The van der Waals surface area contributed by atoms with Crippen molar-refractivity contribution in [3.05, 3.63) is 52.2 Å². The van der Waals surface area contributed by atoms with E-state index in [-0.39, 0.29) is 12.5 Å². The van der Waals surface area contributed by atoms with Gasteiger partial charge in [0.05, 0.1) is 36.1 Å². The van der Waals surface area contributed by atoms with Gasteiger partial charge in [-0.1, -0.05) is 32.0 Å². The second-order valence-electron chi connectivity index (χ2n) is 5.34. The number of hydrogen-bond donors (Lipinski definition) is 0. The first-order valence-corrected chi connectivity index (χ1v) is 8.37. The second-order valence-corrected chi connectivity index (χ2v) is 6.37. The Morgan fingerprint density at radius 1 is 1.25 bits per heavy atom. The number of benzene rings is 1. The van der Waals surface area contributed by atoms with Gasteiger partial charge in [-0.25, -0.2) is 9.78 Å². The number of para-hydroxylation sites is 1. The number of carbonyl (C=O) groups excluding carboxylic acids is 1. The molecule has 0 bridgehead atoms. The Balaban J connectivity index is 2.35. The average molecular weight is 347 g/mol. The van der Waals surface area contributed by atoms with E-state index in [1.165, 1.54) is 31.8 Å². The van der Waals surface area contributed by atoms with Gasteiger partial charge in [0.2, 0.25) is 0 Å². The first kappa shape index (κ1) is 18.0. The Labute approximate surface area is 145 Å². The summed E-state index contributed by atoms with van der Waals surface area (Å²) in [5.74, 6) is 0.537. The minimum atomic E-state index is -0.461. The smallest absolute Gasteiger partial charge is 0.342 e. The van der Waals surface area contributed by atoms with Crippen LogP contribution in [0.1, 0.15) is 35.3 Å². The predicted octanol–water partition coefficient (Wildman–Crippen LogP) is 4.01. The summed E-state index contributed by atoms with van der Waals surface area (Å²) in [6.45, 7) is 4.38. The Hall–Kier alpha value is -2.34. The molecule has 6 heteroatoms. The highest BCUT2D eigenvalue weighted by Crippen LogP contribution is 2.32. The third-order valence-corrected chi connectivity index (χ3v) is 4.64. The fourth-order valence-electron chi connectivity index (χ4n) is 2.02. The number of ether oxygens (including phenoxy) is 3. The molecule has 1 aromatic heterocycles. The SMILES string of the molecule is CO/C=C(/C(=O)OC)c1sc(C(C)C)nc1COc1ccccc1. The maximum Gasteiger partial charge on any atom is 0.342 e. The second kappa shape index (κ2) is 8.49. The van der Waals surface area contributed by atoms with E-state index in [4.69, 9.17) is 14.2 Å². The number of carbonyl (C=O) groups is 1. The van der Waals surface area contributed by atoms with Crippen LogP contribution in [0.5, 0.6) is 5.75 Å². The lowest BCUT2D eigenvalue weighted by atomic mass is 10.2. The van der Waals surface area contributed by atoms with Gasteiger partial charge < -0.3 is 14.2 Å². The van der Waals surface area contributed by atoms with Crippen molar-refractivity contribution in [3.8, 4) is 5.75 Å². The predicted molar refractivity (Wildman–Crippen MR) is 94.0 cm³/mol. The van der Waals surface area contributed by atoms with Crippen LogP contribution >= 0.6 is 11.3 Å². The summed E-state index contributed by atoms with van der Waals surface area (Å²) >= 11 is 1.45. The first-order chi connectivity index (χ1) is 11.6. The standard InChI is InChI=1S/C18H21NO4S/c1-12(2)17-19-15(11-23-13-8-6-5-7-9-13)16(24-17)14(10-21-3)18(20)22-4/h5-10,12H,11H2,1-4H3/b14-10+. The molecule has 0 saturated heterocycles. The zero-order valence-electron chi connectivity index (χ0n) is 14.2. The number of rotatable bonds is 7. The fraction of sp³-hybridized carbons (Fsp3) is 0.333. The van der Waals surface area contributed by atoms with Gasteiger partial charge in [-0.2, -0.15) is 0 Å². The van der Waals surface area contributed by atoms with Crippen LogP contribution in [-0.4, -0.2) is 25.2 Å². The van der Waals surface area contributed by atoms with Crippen molar-refractivity contribution in [2.75, 3.05) is 14.2 Å². The van der Waals surface area contributed by atoms with Gasteiger partial charge in [0.1, 0.15) is 17.9 Å². The summed E-state index contributed by atoms with van der Waals surface area (Å²) in [5.41, 5.74) is 1.04. The van der Waals surface area contributed by atoms with Gasteiger partial charge >= 0.3 is 5.97 Å². The van der Waals surface area contributed by atoms with E-state index in [1.54, 1.807) is 0 Å². The molecule has 0 spiro atoms. The minimum Gasteiger partial charge on any atom is -0.503 e. The molecule has 0 aliphatic heterocycles. The molecule has 0 radical (unpaired) electrons. The summed E-state index contributed by atoms with van der Waals surface area (Å²) in [6.07, 6.45) is 1.38. The topological polar surface area (TPSA) is 57.7 Å². The van der Waals surface area contributed by atoms with E-state index in [9.17, 15) is 4.79 Å². The van der Waals surface area contributed by atoms with Gasteiger partial charge in [0.25, 0.3) is 0 Å². The molecule has 0 fully saturated rings. The van der Waals surface area contributed by atoms with Crippen molar-refractivity contribution >= 4 is 22.9 Å². The summed E-state index contributed by atoms with van der Waals surface area (Å²) in [7, 11) is 2.84. The highest BCUT2D eigenvalue weighted by atomic mass is 32.1. The van der Waals surface area contributed by atoms with Crippen LogP contribution in [0.3, 0.4) is 0 Å². The summed E-state index contributed by atoms with van der Waals surface area (Å²) in [6, 6.07) is 9.49. The number of methoxy groups -OCH3 is 2. The van der Waals surface area contributed by atoms with Crippen LogP contribution < -0.4 is 4.74 Å². The number of nitrogens with zero attached hydrogens (tertiary/aromatic N) is 1. The summed E-state index contributed by atoms with van der Waals surface area (Å²) in [5, 5.41) is 0.933. The van der Waals surface area contributed by atoms with E-state index in [0.717, 1.165) is 10.8 Å². The van der Waals surface area contributed by atoms with E-state index in [2.05, 4.69) is 18.8 Å². The van der Waals surface area contributed by atoms with Gasteiger partial charge in [-0.05, 0) is 12.1 Å². The number of hydrogen-bond acceptors (Lipinski definition) is 6. The fourth-order valence-corrected chi connectivity index (χ4v) is 3.08. The molecule has 0 unspecified atom stereocenters. The zero-order chi connectivity index (χ0) is 17.5. The van der Waals surface area contributed by atoms with Gasteiger partial charge in [0, 0.05) is 5.92 Å².